The minimum absolute atomic E-state index is 0.00364. The van der Waals surface area contributed by atoms with Crippen molar-refractivity contribution < 1.29 is 19.5 Å². The summed E-state index contributed by atoms with van der Waals surface area (Å²) in [5.41, 5.74) is -0.100. The molecule has 0 fully saturated rings. The van der Waals surface area contributed by atoms with Crippen LogP contribution in [0.2, 0.25) is 0 Å². The predicted molar refractivity (Wildman–Crippen MR) is 74.4 cm³/mol. The topological polar surface area (TPSA) is 113 Å². The average Bonchev–Trinajstić information content (AvgIpc) is 2.94. The lowest BCUT2D eigenvalue weighted by Crippen LogP contribution is -2.40. The van der Waals surface area contributed by atoms with Crippen LogP contribution < -0.4 is 10.6 Å². The number of rotatable bonds is 6. The SMILES string of the molecule is CC(C(=O)O)=C(C)C(=O)NC(=O)NCCCn1ccnc1. The lowest BCUT2D eigenvalue weighted by molar-refractivity contribution is -0.133. The molecular weight excluding hydrogens is 276 g/mol. The van der Waals surface area contributed by atoms with Crippen molar-refractivity contribution in [3.8, 4) is 0 Å². The number of urea groups is 1. The molecule has 0 saturated carbocycles. The largest absolute Gasteiger partial charge is 0.478 e. The Morgan fingerprint density at radius 3 is 2.52 bits per heavy atom. The van der Waals surface area contributed by atoms with E-state index in [-0.39, 0.29) is 11.1 Å². The van der Waals surface area contributed by atoms with E-state index in [0.717, 1.165) is 0 Å². The summed E-state index contributed by atoms with van der Waals surface area (Å²) >= 11 is 0. The van der Waals surface area contributed by atoms with Gasteiger partial charge in [-0.25, -0.2) is 14.6 Å². The summed E-state index contributed by atoms with van der Waals surface area (Å²) in [4.78, 5) is 37.7. The second-order valence-electron chi connectivity index (χ2n) is 4.42. The lowest BCUT2D eigenvalue weighted by atomic mass is 10.1. The normalized spacial score (nSPS) is 11.5. The molecule has 0 atom stereocenters. The number of carboxylic acids is 1. The van der Waals surface area contributed by atoms with Gasteiger partial charge in [0.25, 0.3) is 5.91 Å². The van der Waals surface area contributed by atoms with Crippen molar-refractivity contribution in [1.29, 1.82) is 0 Å². The summed E-state index contributed by atoms with van der Waals surface area (Å²) in [5.74, 6) is -1.91. The third kappa shape index (κ3) is 5.47. The van der Waals surface area contributed by atoms with Crippen molar-refractivity contribution in [1.82, 2.24) is 20.2 Å². The minimum Gasteiger partial charge on any atom is -0.478 e. The maximum Gasteiger partial charge on any atom is 0.331 e. The summed E-state index contributed by atoms with van der Waals surface area (Å²) in [6, 6.07) is -0.650. The van der Waals surface area contributed by atoms with E-state index >= 15 is 0 Å². The van der Waals surface area contributed by atoms with Crippen LogP contribution in [-0.2, 0) is 16.1 Å². The van der Waals surface area contributed by atoms with Crippen LogP contribution in [0.4, 0.5) is 4.79 Å². The van der Waals surface area contributed by atoms with Gasteiger partial charge < -0.3 is 15.0 Å². The second-order valence-corrected chi connectivity index (χ2v) is 4.42. The van der Waals surface area contributed by atoms with Crippen molar-refractivity contribution in [2.45, 2.75) is 26.8 Å². The molecule has 1 aromatic heterocycles. The number of aromatic nitrogens is 2. The maximum atomic E-state index is 11.6. The van der Waals surface area contributed by atoms with Crippen molar-refractivity contribution >= 4 is 17.9 Å². The van der Waals surface area contributed by atoms with E-state index in [1.807, 2.05) is 10.8 Å². The van der Waals surface area contributed by atoms with Crippen LogP contribution in [0.25, 0.3) is 0 Å². The Labute approximate surface area is 121 Å². The first kappa shape index (κ1) is 16.4. The van der Waals surface area contributed by atoms with Gasteiger partial charge in [-0.3, -0.25) is 10.1 Å². The Morgan fingerprint density at radius 1 is 1.24 bits per heavy atom. The number of amides is 3. The molecular formula is C13H18N4O4. The van der Waals surface area contributed by atoms with Gasteiger partial charge in [-0.05, 0) is 20.3 Å². The molecule has 1 rings (SSSR count). The molecule has 1 heterocycles. The first-order valence-corrected chi connectivity index (χ1v) is 6.37. The third-order valence-corrected chi connectivity index (χ3v) is 2.89. The number of carboxylic acid groups (broad SMARTS) is 1. The van der Waals surface area contributed by atoms with Crippen LogP contribution in [0, 0.1) is 0 Å². The fraction of sp³-hybridized carbons (Fsp3) is 0.385. The quantitative estimate of drug-likeness (QED) is 0.523. The van der Waals surface area contributed by atoms with E-state index in [0.29, 0.717) is 19.5 Å². The number of carbonyl (C=O) groups excluding carboxylic acids is 2. The highest BCUT2D eigenvalue weighted by atomic mass is 16.4. The Morgan fingerprint density at radius 2 is 1.95 bits per heavy atom. The number of carbonyl (C=O) groups is 3. The van der Waals surface area contributed by atoms with Crippen molar-refractivity contribution in [2.75, 3.05) is 6.54 Å². The number of hydrogen-bond donors (Lipinski definition) is 3. The summed E-state index contributed by atoms with van der Waals surface area (Å²) in [7, 11) is 0. The van der Waals surface area contributed by atoms with Crippen LogP contribution in [0.15, 0.2) is 29.9 Å². The Balaban J connectivity index is 2.31. The minimum atomic E-state index is -1.19. The zero-order chi connectivity index (χ0) is 15.8. The van der Waals surface area contributed by atoms with E-state index < -0.39 is 17.9 Å². The standard InChI is InChI=1S/C13H18N4O4/c1-9(10(2)12(19)20)11(18)16-13(21)15-4-3-6-17-7-5-14-8-17/h5,7-8H,3-4,6H2,1-2H3,(H,19,20)(H2,15,16,18,21). The van der Waals surface area contributed by atoms with Gasteiger partial charge in [-0.2, -0.15) is 0 Å². The van der Waals surface area contributed by atoms with Crippen molar-refractivity contribution in [2.24, 2.45) is 0 Å². The number of aryl methyl sites for hydroxylation is 1. The van der Waals surface area contributed by atoms with Gasteiger partial charge >= 0.3 is 12.0 Å². The zero-order valence-corrected chi connectivity index (χ0v) is 11.9. The number of nitrogens with one attached hydrogen (secondary N) is 2. The van der Waals surface area contributed by atoms with E-state index in [4.69, 9.17) is 5.11 Å². The molecule has 0 saturated heterocycles. The van der Waals surface area contributed by atoms with Gasteiger partial charge in [0, 0.05) is 36.6 Å². The van der Waals surface area contributed by atoms with E-state index in [9.17, 15) is 14.4 Å². The summed E-state index contributed by atoms with van der Waals surface area (Å²) in [6.07, 6.45) is 5.83. The second kappa shape index (κ2) is 7.83. The lowest BCUT2D eigenvalue weighted by Gasteiger charge is -2.08. The molecule has 1 aromatic rings. The highest BCUT2D eigenvalue weighted by Crippen LogP contribution is 2.03. The van der Waals surface area contributed by atoms with Crippen LogP contribution in [0.3, 0.4) is 0 Å². The van der Waals surface area contributed by atoms with Gasteiger partial charge in [0.2, 0.25) is 0 Å². The first-order chi connectivity index (χ1) is 9.91. The first-order valence-electron chi connectivity index (χ1n) is 6.37. The van der Waals surface area contributed by atoms with E-state index in [1.165, 1.54) is 13.8 Å². The molecule has 114 valence electrons. The maximum absolute atomic E-state index is 11.6. The van der Waals surface area contributed by atoms with Gasteiger partial charge in [0.05, 0.1) is 6.33 Å². The van der Waals surface area contributed by atoms with Gasteiger partial charge in [0.1, 0.15) is 0 Å². The number of aliphatic carboxylic acids is 1. The van der Waals surface area contributed by atoms with Gasteiger partial charge in [0.15, 0.2) is 0 Å². The van der Waals surface area contributed by atoms with E-state index in [1.54, 1.807) is 12.5 Å². The summed E-state index contributed by atoms with van der Waals surface area (Å²) in [6.45, 7) is 3.74. The van der Waals surface area contributed by atoms with Crippen LogP contribution >= 0.6 is 0 Å². The zero-order valence-electron chi connectivity index (χ0n) is 11.9. The smallest absolute Gasteiger partial charge is 0.331 e. The molecule has 0 aliphatic heterocycles. The number of hydrogen-bond acceptors (Lipinski definition) is 4. The fourth-order valence-corrected chi connectivity index (χ4v) is 1.45. The molecule has 0 spiro atoms. The molecule has 0 unspecified atom stereocenters. The molecule has 0 aromatic carbocycles. The molecule has 21 heavy (non-hydrogen) atoms. The molecule has 8 nitrogen and oxygen atoms in total. The third-order valence-electron chi connectivity index (χ3n) is 2.89. The van der Waals surface area contributed by atoms with E-state index in [2.05, 4.69) is 15.6 Å². The highest BCUT2D eigenvalue weighted by molar-refractivity contribution is 6.07. The summed E-state index contributed by atoms with van der Waals surface area (Å²) < 4.78 is 1.87. The Kier molecular flexibility index (Phi) is 6.12. The number of imide groups is 1. The van der Waals surface area contributed by atoms with Crippen LogP contribution in [0.1, 0.15) is 20.3 Å². The Hall–Kier alpha value is -2.64. The summed E-state index contributed by atoms with van der Waals surface area (Å²) in [5, 5.41) is 13.4. The number of nitrogens with zero attached hydrogens (tertiary/aromatic N) is 2. The Bertz CT molecular complexity index is 549. The molecule has 3 amide bonds. The van der Waals surface area contributed by atoms with Crippen molar-refractivity contribution in [3.63, 3.8) is 0 Å². The van der Waals surface area contributed by atoms with Crippen LogP contribution in [0.5, 0.6) is 0 Å². The molecule has 8 heteroatoms. The van der Waals surface area contributed by atoms with Crippen molar-refractivity contribution in [3.05, 3.63) is 29.9 Å². The average molecular weight is 294 g/mol. The fourth-order valence-electron chi connectivity index (χ4n) is 1.45. The molecule has 0 radical (unpaired) electrons. The van der Waals surface area contributed by atoms with Crippen LogP contribution in [-0.4, -0.2) is 39.1 Å². The number of imidazole rings is 1. The molecule has 0 aliphatic rings. The van der Waals surface area contributed by atoms with Gasteiger partial charge in [-0.1, -0.05) is 0 Å². The van der Waals surface area contributed by atoms with Gasteiger partial charge in [-0.15, -0.1) is 0 Å². The predicted octanol–water partition coefficient (Wildman–Crippen LogP) is 0.520. The highest BCUT2D eigenvalue weighted by Gasteiger charge is 2.14. The molecule has 3 N–H and O–H groups in total. The monoisotopic (exact) mass is 294 g/mol. The molecule has 0 aliphatic carbocycles. The molecule has 0 bridgehead atoms.